The van der Waals surface area contributed by atoms with E-state index >= 15 is 0 Å². The summed E-state index contributed by atoms with van der Waals surface area (Å²) in [6, 6.07) is 12.0. The number of halogens is 2. The first-order valence-corrected chi connectivity index (χ1v) is 11.0. The van der Waals surface area contributed by atoms with Gasteiger partial charge in [-0.1, -0.05) is 47.1 Å². The smallest absolute Gasteiger partial charge is 0.264 e. The zero-order valence-corrected chi connectivity index (χ0v) is 18.3. The van der Waals surface area contributed by atoms with Gasteiger partial charge in [-0.15, -0.1) is 0 Å². The summed E-state index contributed by atoms with van der Waals surface area (Å²) in [5, 5.41) is 3.94. The zero-order valence-electron chi connectivity index (χ0n) is 17.5. The Morgan fingerprint density at radius 3 is 2.45 bits per heavy atom. The van der Waals surface area contributed by atoms with E-state index in [4.69, 9.17) is 20.9 Å². The van der Waals surface area contributed by atoms with Crippen LogP contribution in [0.1, 0.15) is 43.0 Å². The normalized spacial score (nSPS) is 15.9. The maximum Gasteiger partial charge on any atom is 0.264 e. The Labute approximate surface area is 193 Å². The number of hydrogen-bond donors (Lipinski definition) is 0. The van der Waals surface area contributed by atoms with Gasteiger partial charge in [0, 0.05) is 23.6 Å². The van der Waals surface area contributed by atoms with Crippen molar-refractivity contribution in [2.24, 2.45) is 0 Å². The number of imide groups is 1. The number of nitrogens with zero attached hydrogens (tertiary/aromatic N) is 3. The molecule has 5 rings (SSSR count). The Kier molecular flexibility index (Phi) is 5.68. The fourth-order valence-electron chi connectivity index (χ4n) is 4.10. The molecule has 0 saturated carbocycles. The highest BCUT2D eigenvalue weighted by atomic mass is 35.5. The third-order valence-corrected chi connectivity index (χ3v) is 5.99. The summed E-state index contributed by atoms with van der Waals surface area (Å²) >= 11 is 6.15. The molecule has 0 radical (unpaired) electrons. The van der Waals surface area contributed by atoms with Gasteiger partial charge in [0.15, 0.2) is 12.4 Å². The average Bonchev–Trinajstić information content (AvgIpc) is 3.37. The minimum Gasteiger partial charge on any atom is -0.482 e. The summed E-state index contributed by atoms with van der Waals surface area (Å²) in [4.78, 5) is 30.8. The lowest BCUT2D eigenvalue weighted by molar-refractivity contribution is -0.120. The highest BCUT2D eigenvalue weighted by molar-refractivity contribution is 6.34. The van der Waals surface area contributed by atoms with E-state index in [-0.39, 0.29) is 29.0 Å². The van der Waals surface area contributed by atoms with Crippen molar-refractivity contribution in [3.63, 3.8) is 0 Å². The van der Waals surface area contributed by atoms with E-state index < -0.39 is 17.6 Å². The lowest BCUT2D eigenvalue weighted by Gasteiger charge is -2.18. The molecule has 0 unspecified atom stereocenters. The number of aromatic nitrogens is 2. The highest BCUT2D eigenvalue weighted by Crippen LogP contribution is 2.39. The summed E-state index contributed by atoms with van der Waals surface area (Å²) in [7, 11) is 0. The van der Waals surface area contributed by atoms with Crippen LogP contribution >= 0.6 is 11.6 Å². The summed E-state index contributed by atoms with van der Waals surface area (Å²) in [5.41, 5.74) is 1.79. The highest BCUT2D eigenvalue weighted by Gasteiger charge is 2.41. The summed E-state index contributed by atoms with van der Waals surface area (Å²) in [6.45, 7) is -0.108. The molecule has 0 saturated heterocycles. The number of anilines is 1. The van der Waals surface area contributed by atoms with Crippen LogP contribution in [0.4, 0.5) is 10.1 Å². The van der Waals surface area contributed by atoms with Crippen LogP contribution in [0.25, 0.3) is 0 Å². The van der Waals surface area contributed by atoms with Crippen LogP contribution in [-0.2, 0) is 22.6 Å². The molecule has 9 heteroatoms. The van der Waals surface area contributed by atoms with Crippen LogP contribution < -0.4 is 9.64 Å². The van der Waals surface area contributed by atoms with Crippen LogP contribution in [-0.4, -0.2) is 22.0 Å². The first kappa shape index (κ1) is 21.3. The molecule has 0 N–H and O–H groups in total. The molecule has 33 heavy (non-hydrogen) atoms. The van der Waals surface area contributed by atoms with Crippen LogP contribution in [0.2, 0.25) is 5.02 Å². The maximum absolute atomic E-state index is 14.7. The molecule has 1 aliphatic carbocycles. The molecule has 2 aromatic carbocycles. The van der Waals surface area contributed by atoms with Gasteiger partial charge in [0.2, 0.25) is 0 Å². The molecule has 0 bridgehead atoms. The van der Waals surface area contributed by atoms with Gasteiger partial charge >= 0.3 is 0 Å². The van der Waals surface area contributed by atoms with Crippen molar-refractivity contribution in [3.8, 4) is 5.75 Å². The van der Waals surface area contributed by atoms with Crippen molar-refractivity contribution in [2.45, 2.75) is 38.7 Å². The molecule has 0 atom stereocenters. The van der Waals surface area contributed by atoms with Crippen LogP contribution in [0, 0.1) is 5.82 Å². The molecule has 2 amide bonds. The Morgan fingerprint density at radius 1 is 1.06 bits per heavy atom. The second-order valence-corrected chi connectivity index (χ2v) is 8.31. The number of benzene rings is 2. The van der Waals surface area contributed by atoms with Gasteiger partial charge in [-0.05, 0) is 37.3 Å². The second kappa shape index (κ2) is 8.78. The maximum atomic E-state index is 14.7. The molecular formula is C24H19ClFN3O4. The van der Waals surface area contributed by atoms with E-state index in [9.17, 15) is 14.0 Å². The fourth-order valence-corrected chi connectivity index (χ4v) is 4.30. The van der Waals surface area contributed by atoms with Gasteiger partial charge in [-0.2, -0.15) is 4.98 Å². The fraction of sp³-hybridized carbons (Fsp3) is 0.250. The quantitative estimate of drug-likeness (QED) is 0.485. The summed E-state index contributed by atoms with van der Waals surface area (Å²) < 4.78 is 25.6. The number of rotatable bonds is 6. The van der Waals surface area contributed by atoms with E-state index in [0.717, 1.165) is 29.4 Å². The van der Waals surface area contributed by atoms with Crippen molar-refractivity contribution in [3.05, 3.63) is 81.7 Å². The molecule has 7 nitrogen and oxygen atoms in total. The number of carbonyl (C=O) groups excluding carboxylic acids is 2. The van der Waals surface area contributed by atoms with E-state index in [2.05, 4.69) is 10.1 Å². The minimum absolute atomic E-state index is 0.00269. The number of ether oxygens (including phenoxy) is 1. The summed E-state index contributed by atoms with van der Waals surface area (Å²) in [6.07, 6.45) is 3.22. The molecule has 2 heterocycles. The van der Waals surface area contributed by atoms with Crippen LogP contribution in [0.3, 0.4) is 0 Å². The van der Waals surface area contributed by atoms with Crippen molar-refractivity contribution >= 4 is 29.1 Å². The second-order valence-electron chi connectivity index (χ2n) is 7.90. The van der Waals surface area contributed by atoms with Crippen molar-refractivity contribution in [1.82, 2.24) is 10.1 Å². The number of carbonyl (C=O) groups is 2. The largest absolute Gasteiger partial charge is 0.482 e. The molecule has 1 aliphatic heterocycles. The van der Waals surface area contributed by atoms with Crippen LogP contribution in [0.5, 0.6) is 5.75 Å². The van der Waals surface area contributed by atoms with E-state index in [1.54, 1.807) is 0 Å². The lowest BCUT2D eigenvalue weighted by Crippen LogP contribution is -2.32. The topological polar surface area (TPSA) is 85.5 Å². The Hall–Kier alpha value is -3.52. The van der Waals surface area contributed by atoms with E-state index in [1.807, 2.05) is 30.3 Å². The van der Waals surface area contributed by atoms with Crippen molar-refractivity contribution in [2.75, 3.05) is 4.90 Å². The third-order valence-electron chi connectivity index (χ3n) is 5.70. The minimum atomic E-state index is -0.781. The van der Waals surface area contributed by atoms with Gasteiger partial charge in [0.1, 0.15) is 11.6 Å². The Morgan fingerprint density at radius 2 is 1.76 bits per heavy atom. The molecule has 2 aliphatic rings. The lowest BCUT2D eigenvalue weighted by atomic mass is 9.93. The first-order chi connectivity index (χ1) is 16.0. The van der Waals surface area contributed by atoms with Gasteiger partial charge in [-0.25, -0.2) is 9.29 Å². The number of hydrogen-bond acceptors (Lipinski definition) is 6. The molecule has 168 valence electrons. The van der Waals surface area contributed by atoms with Crippen molar-refractivity contribution < 1.29 is 23.2 Å². The predicted molar refractivity (Wildman–Crippen MR) is 117 cm³/mol. The van der Waals surface area contributed by atoms with E-state index in [0.29, 0.717) is 36.2 Å². The van der Waals surface area contributed by atoms with Crippen molar-refractivity contribution in [1.29, 1.82) is 0 Å². The van der Waals surface area contributed by atoms with Gasteiger partial charge < -0.3 is 9.26 Å². The first-order valence-electron chi connectivity index (χ1n) is 10.6. The summed E-state index contributed by atoms with van der Waals surface area (Å²) in [5.74, 6) is -0.934. The average molecular weight is 468 g/mol. The monoisotopic (exact) mass is 467 g/mol. The van der Waals surface area contributed by atoms with E-state index in [1.165, 1.54) is 6.07 Å². The molecule has 0 fully saturated rings. The Balaban J connectivity index is 1.33. The molecule has 1 aromatic heterocycles. The zero-order chi connectivity index (χ0) is 22.9. The van der Waals surface area contributed by atoms with Gasteiger partial charge in [-0.3, -0.25) is 9.59 Å². The molecule has 3 aromatic rings. The standard InChI is InChI=1S/C24H19ClFN3O4/c25-17-11-18(26)19(29-23(30)15-8-4-5-9-16(15)24(29)31)12-20(17)32-13-22-27-21(28-33-22)10-14-6-2-1-3-7-14/h1-3,6-7,11-12H,4-5,8-10,13H2. The molecular weight excluding hydrogens is 449 g/mol. The third kappa shape index (κ3) is 4.14. The number of amides is 2. The van der Waals surface area contributed by atoms with Crippen LogP contribution in [0.15, 0.2) is 58.1 Å². The van der Waals surface area contributed by atoms with Gasteiger partial charge in [0.05, 0.1) is 10.7 Å². The Bertz CT molecular complexity index is 1240. The SMILES string of the molecule is O=C1C2=C(CCCC2)C(=O)N1c1cc(OCc2nc(Cc3ccccc3)no2)c(Cl)cc1F. The predicted octanol–water partition coefficient (Wildman–Crippen LogP) is 4.78. The molecule has 0 spiro atoms. The van der Waals surface area contributed by atoms with Gasteiger partial charge in [0.25, 0.3) is 17.7 Å².